The summed E-state index contributed by atoms with van der Waals surface area (Å²) in [4.78, 5) is 1.13. The van der Waals surface area contributed by atoms with Gasteiger partial charge in [0.15, 0.2) is 0 Å². The van der Waals surface area contributed by atoms with Crippen LogP contribution in [0.4, 0.5) is 5.69 Å². The van der Waals surface area contributed by atoms with Crippen LogP contribution in [0.15, 0.2) is 51.8 Å². The SMILES string of the molecule is Cc1ccc(CSc2ccc(Br)cc2N)cc1. The van der Waals surface area contributed by atoms with Gasteiger partial charge in [-0.2, -0.15) is 0 Å². The number of nitrogen functional groups attached to an aromatic ring is 1. The zero-order valence-corrected chi connectivity index (χ0v) is 12.0. The fourth-order valence-corrected chi connectivity index (χ4v) is 2.78. The summed E-state index contributed by atoms with van der Waals surface area (Å²) in [6, 6.07) is 14.6. The summed E-state index contributed by atoms with van der Waals surface area (Å²) in [5.41, 5.74) is 9.40. The lowest BCUT2D eigenvalue weighted by molar-refractivity contribution is 1.35. The second-order valence-corrected chi connectivity index (χ2v) is 5.89. The highest BCUT2D eigenvalue weighted by Gasteiger charge is 2.01. The Morgan fingerprint density at radius 3 is 2.47 bits per heavy atom. The summed E-state index contributed by atoms with van der Waals surface area (Å²) >= 11 is 5.18. The number of benzene rings is 2. The highest BCUT2D eigenvalue weighted by molar-refractivity contribution is 9.10. The van der Waals surface area contributed by atoms with Gasteiger partial charge in [0.1, 0.15) is 0 Å². The van der Waals surface area contributed by atoms with Crippen LogP contribution in [-0.4, -0.2) is 0 Å². The van der Waals surface area contributed by atoms with Crippen molar-refractivity contribution in [2.75, 3.05) is 5.73 Å². The van der Waals surface area contributed by atoms with E-state index in [1.165, 1.54) is 11.1 Å². The average molecular weight is 308 g/mol. The lowest BCUT2D eigenvalue weighted by Crippen LogP contribution is -1.89. The van der Waals surface area contributed by atoms with E-state index in [4.69, 9.17) is 5.73 Å². The molecule has 0 aliphatic rings. The average Bonchev–Trinajstić information content (AvgIpc) is 2.30. The normalized spacial score (nSPS) is 10.5. The maximum absolute atomic E-state index is 5.96. The molecule has 17 heavy (non-hydrogen) atoms. The van der Waals surface area contributed by atoms with E-state index in [2.05, 4.69) is 53.2 Å². The van der Waals surface area contributed by atoms with Crippen molar-refractivity contribution >= 4 is 33.4 Å². The van der Waals surface area contributed by atoms with Crippen LogP contribution < -0.4 is 5.73 Å². The van der Waals surface area contributed by atoms with Crippen LogP contribution in [0.5, 0.6) is 0 Å². The van der Waals surface area contributed by atoms with Gasteiger partial charge in [-0.05, 0) is 30.7 Å². The largest absolute Gasteiger partial charge is 0.398 e. The number of rotatable bonds is 3. The summed E-state index contributed by atoms with van der Waals surface area (Å²) in [5, 5.41) is 0. The first-order valence-corrected chi connectivity index (χ1v) is 7.16. The molecule has 0 aliphatic heterocycles. The quantitative estimate of drug-likeness (QED) is 0.661. The Balaban J connectivity index is 2.04. The molecule has 0 aromatic heterocycles. The van der Waals surface area contributed by atoms with Crippen LogP contribution in [0.2, 0.25) is 0 Å². The molecule has 0 saturated heterocycles. The van der Waals surface area contributed by atoms with E-state index < -0.39 is 0 Å². The fourth-order valence-electron chi connectivity index (χ4n) is 1.50. The van der Waals surface area contributed by atoms with Crippen LogP contribution >= 0.6 is 27.7 Å². The Hall–Kier alpha value is -0.930. The Morgan fingerprint density at radius 2 is 1.82 bits per heavy atom. The van der Waals surface area contributed by atoms with Crippen molar-refractivity contribution in [3.8, 4) is 0 Å². The predicted octanol–water partition coefficient (Wildman–Crippen LogP) is 4.63. The molecule has 0 amide bonds. The second kappa shape index (κ2) is 5.61. The van der Waals surface area contributed by atoms with Gasteiger partial charge in [-0.25, -0.2) is 0 Å². The molecule has 0 bridgehead atoms. The zero-order chi connectivity index (χ0) is 12.3. The van der Waals surface area contributed by atoms with Crippen LogP contribution in [0.25, 0.3) is 0 Å². The van der Waals surface area contributed by atoms with Gasteiger partial charge < -0.3 is 5.73 Å². The van der Waals surface area contributed by atoms with E-state index in [9.17, 15) is 0 Å². The Morgan fingerprint density at radius 1 is 1.12 bits per heavy atom. The molecule has 0 saturated carbocycles. The van der Waals surface area contributed by atoms with Gasteiger partial charge in [0.2, 0.25) is 0 Å². The number of hydrogen-bond acceptors (Lipinski definition) is 2. The van der Waals surface area contributed by atoms with E-state index in [0.717, 1.165) is 20.8 Å². The number of nitrogens with two attached hydrogens (primary N) is 1. The lowest BCUT2D eigenvalue weighted by atomic mass is 10.2. The summed E-state index contributed by atoms with van der Waals surface area (Å²) < 4.78 is 1.02. The van der Waals surface area contributed by atoms with Crippen LogP contribution in [-0.2, 0) is 5.75 Å². The highest BCUT2D eigenvalue weighted by atomic mass is 79.9. The third-order valence-corrected chi connectivity index (χ3v) is 4.14. The maximum Gasteiger partial charge on any atom is 0.0463 e. The minimum atomic E-state index is 0.830. The Bertz CT molecular complexity index is 508. The van der Waals surface area contributed by atoms with E-state index in [-0.39, 0.29) is 0 Å². The van der Waals surface area contributed by atoms with Gasteiger partial charge >= 0.3 is 0 Å². The first kappa shape index (κ1) is 12.5. The number of hydrogen-bond donors (Lipinski definition) is 1. The van der Waals surface area contributed by atoms with Crippen LogP contribution in [0.3, 0.4) is 0 Å². The first-order chi connectivity index (χ1) is 8.15. The molecular weight excluding hydrogens is 294 g/mol. The Kier molecular flexibility index (Phi) is 4.13. The molecule has 0 fully saturated rings. The van der Waals surface area contributed by atoms with Crippen LogP contribution in [0.1, 0.15) is 11.1 Å². The number of halogens is 1. The number of aryl methyl sites for hydroxylation is 1. The van der Waals surface area contributed by atoms with Crippen molar-refractivity contribution in [2.45, 2.75) is 17.6 Å². The van der Waals surface area contributed by atoms with Gasteiger partial charge in [-0.3, -0.25) is 0 Å². The minimum Gasteiger partial charge on any atom is -0.398 e. The molecule has 88 valence electrons. The maximum atomic E-state index is 5.96. The smallest absolute Gasteiger partial charge is 0.0463 e. The van der Waals surface area contributed by atoms with Crippen molar-refractivity contribution in [1.29, 1.82) is 0 Å². The number of thioether (sulfide) groups is 1. The van der Waals surface area contributed by atoms with E-state index in [1.54, 1.807) is 11.8 Å². The lowest BCUT2D eigenvalue weighted by Gasteiger charge is -2.06. The van der Waals surface area contributed by atoms with E-state index >= 15 is 0 Å². The molecule has 1 nitrogen and oxygen atoms in total. The molecule has 2 aromatic carbocycles. The van der Waals surface area contributed by atoms with E-state index in [1.807, 2.05) is 12.1 Å². The number of anilines is 1. The fraction of sp³-hybridized carbons (Fsp3) is 0.143. The summed E-state index contributed by atoms with van der Waals surface area (Å²) in [6.45, 7) is 2.10. The van der Waals surface area contributed by atoms with Gasteiger partial charge in [0, 0.05) is 20.8 Å². The second-order valence-electron chi connectivity index (χ2n) is 3.96. The molecule has 0 aliphatic carbocycles. The molecule has 2 N–H and O–H groups in total. The van der Waals surface area contributed by atoms with Crippen LogP contribution in [0, 0.1) is 6.92 Å². The van der Waals surface area contributed by atoms with Gasteiger partial charge in [-0.15, -0.1) is 11.8 Å². The Labute approximate surface area is 115 Å². The molecule has 0 unspecified atom stereocenters. The molecule has 2 rings (SSSR count). The van der Waals surface area contributed by atoms with Crippen molar-refractivity contribution in [3.63, 3.8) is 0 Å². The molecular formula is C14H14BrNS. The molecule has 2 aromatic rings. The van der Waals surface area contributed by atoms with Gasteiger partial charge in [0.05, 0.1) is 0 Å². The summed E-state index contributed by atoms with van der Waals surface area (Å²) in [7, 11) is 0. The van der Waals surface area contributed by atoms with E-state index in [0.29, 0.717) is 0 Å². The molecule has 0 radical (unpaired) electrons. The van der Waals surface area contributed by atoms with Gasteiger partial charge in [0.25, 0.3) is 0 Å². The van der Waals surface area contributed by atoms with Crippen molar-refractivity contribution in [2.24, 2.45) is 0 Å². The minimum absolute atomic E-state index is 0.830. The monoisotopic (exact) mass is 307 g/mol. The highest BCUT2D eigenvalue weighted by Crippen LogP contribution is 2.30. The molecule has 0 spiro atoms. The third kappa shape index (κ3) is 3.51. The molecule has 0 atom stereocenters. The van der Waals surface area contributed by atoms with Crippen molar-refractivity contribution in [1.82, 2.24) is 0 Å². The first-order valence-electron chi connectivity index (χ1n) is 5.38. The van der Waals surface area contributed by atoms with Crippen molar-refractivity contribution < 1.29 is 0 Å². The summed E-state index contributed by atoms with van der Waals surface area (Å²) in [5.74, 6) is 0.951. The molecule has 0 heterocycles. The third-order valence-electron chi connectivity index (χ3n) is 2.49. The molecule has 3 heteroatoms. The zero-order valence-electron chi connectivity index (χ0n) is 9.61. The van der Waals surface area contributed by atoms with Gasteiger partial charge in [-0.1, -0.05) is 45.8 Å². The topological polar surface area (TPSA) is 26.0 Å². The van der Waals surface area contributed by atoms with Crippen molar-refractivity contribution in [3.05, 3.63) is 58.1 Å². The predicted molar refractivity (Wildman–Crippen MR) is 79.3 cm³/mol. The summed E-state index contributed by atoms with van der Waals surface area (Å²) in [6.07, 6.45) is 0. The standard InChI is InChI=1S/C14H14BrNS/c1-10-2-4-11(5-3-10)9-17-14-7-6-12(15)8-13(14)16/h2-8H,9,16H2,1H3.